The lowest BCUT2D eigenvalue weighted by atomic mass is 10.0. The van der Waals surface area contributed by atoms with Crippen LogP contribution in [0.4, 0.5) is 5.82 Å². The summed E-state index contributed by atoms with van der Waals surface area (Å²) in [4.78, 5) is 19.9. The van der Waals surface area contributed by atoms with E-state index in [9.17, 15) is 4.79 Å². The van der Waals surface area contributed by atoms with Crippen molar-refractivity contribution < 1.29 is 4.79 Å². The van der Waals surface area contributed by atoms with Crippen LogP contribution in [-0.4, -0.2) is 20.3 Å². The highest BCUT2D eigenvalue weighted by Gasteiger charge is 2.09. The van der Waals surface area contributed by atoms with Gasteiger partial charge < -0.3 is 9.72 Å². The number of rotatable bonds is 2. The van der Waals surface area contributed by atoms with Crippen LogP contribution in [0.25, 0.3) is 27.0 Å². The maximum atomic E-state index is 11.2. The van der Waals surface area contributed by atoms with Crippen molar-refractivity contribution in [1.29, 1.82) is 0 Å². The minimum absolute atomic E-state index is 0.125. The van der Waals surface area contributed by atoms with Gasteiger partial charge in [0.1, 0.15) is 5.65 Å². The molecule has 0 aliphatic carbocycles. The quantitative estimate of drug-likeness (QED) is 0.609. The molecule has 0 saturated heterocycles. The monoisotopic (exact) mass is 322 g/mol. The molecule has 0 radical (unpaired) electrons. The molecule has 0 unspecified atom stereocenters. The summed E-state index contributed by atoms with van der Waals surface area (Å²) < 4.78 is 3.10. The number of thiazole rings is 1. The molecular formula is C17H14N4OS. The molecule has 4 rings (SSSR count). The van der Waals surface area contributed by atoms with Gasteiger partial charge in [0.15, 0.2) is 5.82 Å². The summed E-state index contributed by atoms with van der Waals surface area (Å²) in [6.07, 6.45) is 3.85. The molecule has 1 N–H and O–H groups in total. The average molecular weight is 322 g/mol. The first kappa shape index (κ1) is 13.9. The molecule has 0 saturated carbocycles. The number of nitrogens with zero attached hydrogens (tertiary/aromatic N) is 3. The number of carbonyl (C=O) groups excluding carboxylic acids is 1. The molecule has 1 aromatic carbocycles. The Labute approximate surface area is 136 Å². The van der Waals surface area contributed by atoms with Gasteiger partial charge in [0.05, 0.1) is 21.9 Å². The Balaban J connectivity index is 1.83. The van der Waals surface area contributed by atoms with Crippen molar-refractivity contribution in [2.24, 2.45) is 0 Å². The fourth-order valence-electron chi connectivity index (χ4n) is 2.71. The van der Waals surface area contributed by atoms with Crippen LogP contribution in [0.1, 0.15) is 12.5 Å². The lowest BCUT2D eigenvalue weighted by Crippen LogP contribution is -2.05. The highest BCUT2D eigenvalue weighted by Crippen LogP contribution is 2.30. The van der Waals surface area contributed by atoms with E-state index >= 15 is 0 Å². The van der Waals surface area contributed by atoms with Crippen LogP contribution in [0, 0.1) is 6.92 Å². The molecule has 0 fully saturated rings. The van der Waals surface area contributed by atoms with Gasteiger partial charge in [-0.05, 0) is 47.9 Å². The number of aromatic nitrogens is 3. The number of anilines is 1. The number of pyridine rings is 1. The highest BCUT2D eigenvalue weighted by molar-refractivity contribution is 7.16. The van der Waals surface area contributed by atoms with E-state index in [4.69, 9.17) is 0 Å². The summed E-state index contributed by atoms with van der Waals surface area (Å²) in [6.45, 7) is 3.57. The Morgan fingerprint density at radius 3 is 2.96 bits per heavy atom. The van der Waals surface area contributed by atoms with Gasteiger partial charge in [0.25, 0.3) is 0 Å². The molecular weight excluding hydrogens is 308 g/mol. The second-order valence-electron chi connectivity index (χ2n) is 5.48. The van der Waals surface area contributed by atoms with Crippen LogP contribution < -0.4 is 5.32 Å². The molecule has 0 bridgehead atoms. The van der Waals surface area contributed by atoms with Crippen molar-refractivity contribution >= 4 is 38.9 Å². The number of benzene rings is 1. The molecule has 114 valence electrons. The van der Waals surface area contributed by atoms with Crippen molar-refractivity contribution in [2.45, 2.75) is 13.8 Å². The molecule has 0 atom stereocenters. The van der Waals surface area contributed by atoms with Crippen LogP contribution in [-0.2, 0) is 4.79 Å². The van der Waals surface area contributed by atoms with Gasteiger partial charge in [0, 0.05) is 13.1 Å². The molecule has 3 heterocycles. The number of aryl methyl sites for hydroxylation is 1. The van der Waals surface area contributed by atoms with Gasteiger partial charge in [-0.3, -0.25) is 4.79 Å². The van der Waals surface area contributed by atoms with Gasteiger partial charge in [-0.15, -0.1) is 11.3 Å². The SMILES string of the molecule is CC(=O)Nc1cn2cc(-c3cc4scnc4cc3C)ccc2n1. The highest BCUT2D eigenvalue weighted by atomic mass is 32.1. The topological polar surface area (TPSA) is 59.3 Å². The molecule has 0 spiro atoms. The normalized spacial score (nSPS) is 11.2. The smallest absolute Gasteiger partial charge is 0.222 e. The molecule has 1 amide bonds. The third-order valence-corrected chi connectivity index (χ3v) is 4.54. The maximum absolute atomic E-state index is 11.2. The lowest BCUT2D eigenvalue weighted by Gasteiger charge is -2.07. The van der Waals surface area contributed by atoms with Crippen molar-refractivity contribution in [2.75, 3.05) is 5.32 Å². The molecule has 0 aliphatic heterocycles. The Bertz CT molecular complexity index is 1050. The molecule has 6 heteroatoms. The zero-order chi connectivity index (χ0) is 16.0. The van der Waals surface area contributed by atoms with Crippen LogP contribution in [0.2, 0.25) is 0 Å². The van der Waals surface area contributed by atoms with Crippen molar-refractivity contribution in [3.8, 4) is 11.1 Å². The molecule has 0 aliphatic rings. The zero-order valence-corrected chi connectivity index (χ0v) is 13.5. The van der Waals surface area contributed by atoms with E-state index in [1.54, 1.807) is 11.3 Å². The van der Waals surface area contributed by atoms with E-state index in [-0.39, 0.29) is 5.91 Å². The van der Waals surface area contributed by atoms with Gasteiger partial charge in [0.2, 0.25) is 5.91 Å². The molecule has 5 nitrogen and oxygen atoms in total. The Kier molecular flexibility index (Phi) is 3.12. The number of imidazole rings is 1. The predicted molar refractivity (Wildman–Crippen MR) is 92.8 cm³/mol. The standard InChI is InChI=1S/C17H14N4OS/c1-10-5-14-15(23-9-18-14)6-13(10)12-3-4-17-20-16(19-11(2)22)8-21(17)7-12/h3-9H,1-2H3,(H,19,22). The first-order valence-electron chi connectivity index (χ1n) is 7.21. The van der Waals surface area contributed by atoms with Crippen LogP contribution in [0.5, 0.6) is 0 Å². The van der Waals surface area contributed by atoms with Crippen molar-refractivity contribution in [1.82, 2.24) is 14.4 Å². The lowest BCUT2D eigenvalue weighted by molar-refractivity contribution is -0.114. The molecule has 3 aromatic heterocycles. The number of hydrogen-bond acceptors (Lipinski definition) is 4. The summed E-state index contributed by atoms with van der Waals surface area (Å²) in [5.41, 5.74) is 7.18. The van der Waals surface area contributed by atoms with Crippen molar-refractivity contribution in [3.63, 3.8) is 0 Å². The minimum Gasteiger partial charge on any atom is -0.310 e. The third kappa shape index (κ3) is 2.47. The maximum Gasteiger partial charge on any atom is 0.222 e. The first-order chi connectivity index (χ1) is 11.1. The summed E-state index contributed by atoms with van der Waals surface area (Å²) in [5, 5.41) is 2.71. The first-order valence-corrected chi connectivity index (χ1v) is 8.09. The Morgan fingerprint density at radius 2 is 2.13 bits per heavy atom. The van der Waals surface area contributed by atoms with Crippen LogP contribution in [0.3, 0.4) is 0 Å². The van der Waals surface area contributed by atoms with Gasteiger partial charge >= 0.3 is 0 Å². The van der Waals surface area contributed by atoms with Crippen LogP contribution >= 0.6 is 11.3 Å². The zero-order valence-electron chi connectivity index (χ0n) is 12.7. The number of hydrogen-bond donors (Lipinski definition) is 1. The molecule has 23 heavy (non-hydrogen) atoms. The Morgan fingerprint density at radius 1 is 1.26 bits per heavy atom. The predicted octanol–water partition coefficient (Wildman–Crippen LogP) is 3.88. The number of amides is 1. The number of fused-ring (bicyclic) bond motifs is 2. The number of carbonyl (C=O) groups is 1. The fraction of sp³-hybridized carbons (Fsp3) is 0.118. The van der Waals surface area contributed by atoms with Gasteiger partial charge in [-0.25, -0.2) is 9.97 Å². The summed E-state index contributed by atoms with van der Waals surface area (Å²) in [5.74, 6) is 0.435. The summed E-state index contributed by atoms with van der Waals surface area (Å²) >= 11 is 1.64. The Hall–Kier alpha value is -2.73. The number of nitrogens with one attached hydrogen (secondary N) is 1. The third-order valence-electron chi connectivity index (χ3n) is 3.74. The van der Waals surface area contributed by atoms with E-state index in [0.29, 0.717) is 5.82 Å². The average Bonchev–Trinajstić information content (AvgIpc) is 3.09. The fourth-order valence-corrected chi connectivity index (χ4v) is 3.41. The van der Waals surface area contributed by atoms with Gasteiger partial charge in [-0.1, -0.05) is 0 Å². The second-order valence-corrected chi connectivity index (χ2v) is 6.36. The van der Waals surface area contributed by atoms with Crippen LogP contribution in [0.15, 0.2) is 42.2 Å². The van der Waals surface area contributed by atoms with E-state index in [2.05, 4.69) is 40.4 Å². The summed E-state index contributed by atoms with van der Waals surface area (Å²) in [6, 6.07) is 8.29. The van der Waals surface area contributed by atoms with E-state index in [0.717, 1.165) is 16.7 Å². The van der Waals surface area contributed by atoms with E-state index < -0.39 is 0 Å². The largest absolute Gasteiger partial charge is 0.310 e. The van der Waals surface area contributed by atoms with Crippen molar-refractivity contribution in [3.05, 3.63) is 47.7 Å². The molecule has 4 aromatic rings. The second kappa shape index (κ2) is 5.17. The van der Waals surface area contributed by atoms with E-state index in [1.807, 2.05) is 28.4 Å². The van der Waals surface area contributed by atoms with E-state index in [1.165, 1.54) is 22.8 Å². The van der Waals surface area contributed by atoms with Gasteiger partial charge in [-0.2, -0.15) is 0 Å². The minimum atomic E-state index is -0.125. The summed E-state index contributed by atoms with van der Waals surface area (Å²) in [7, 11) is 0.